The van der Waals surface area contributed by atoms with E-state index in [4.69, 9.17) is 86.9 Å². The van der Waals surface area contributed by atoms with E-state index in [0.29, 0.717) is 0 Å². The minimum absolute atomic E-state index is 0.631. The fourth-order valence-corrected chi connectivity index (χ4v) is 4.87. The van der Waals surface area contributed by atoms with Gasteiger partial charge in [0.15, 0.2) is 30.7 Å². The van der Waals surface area contributed by atoms with Crippen LogP contribution in [0.3, 0.4) is 0 Å². The van der Waals surface area contributed by atoms with Crippen LogP contribution in [-0.4, -0.2) is 126 Å². The standard InChI is InChI=1S/C28H35Cl3O19/c1-10(32)40-8-17-19(42-12(3)34)21(43-13(4)35)23(45-15(6)37)25(47-17)49-20-18(9-41-11(2)33)48-26(50-27(39)28(29,30)31)24(46-16(7)38)22(20)44-14(5)36/h17-26H,8-9H2,1-7H3/t17-,18-,19+,20-,21+,22+,23-,24-,25+,26+/m1/s1. The molecule has 0 N–H and O–H groups in total. The van der Waals surface area contributed by atoms with Crippen molar-refractivity contribution >= 4 is 82.6 Å². The minimum atomic E-state index is -2.67. The molecule has 0 aromatic carbocycles. The summed E-state index contributed by atoms with van der Waals surface area (Å²) in [6.07, 6.45) is -17.5. The Balaban J connectivity index is 2.77. The highest BCUT2D eigenvalue weighted by molar-refractivity contribution is 6.75. The highest BCUT2D eigenvalue weighted by atomic mass is 35.6. The van der Waals surface area contributed by atoms with Gasteiger partial charge in [0, 0.05) is 48.5 Å². The van der Waals surface area contributed by atoms with Crippen LogP contribution in [0.4, 0.5) is 0 Å². The van der Waals surface area contributed by atoms with Crippen LogP contribution in [0, 0.1) is 0 Å². The SMILES string of the molecule is CC(=O)OC[C@H]1O[C@@H](O[C@H]2[C@H](OC(C)=O)[C@@H](OC(C)=O)[C@H](OC(=O)C(Cl)(Cl)Cl)O[C@@H]2COC(C)=O)[C@H](OC(C)=O)[C@@H](OC(C)=O)[C@H]1OC(C)=O. The van der Waals surface area contributed by atoms with Crippen molar-refractivity contribution in [3.8, 4) is 0 Å². The van der Waals surface area contributed by atoms with Crippen molar-refractivity contribution in [3.63, 3.8) is 0 Å². The van der Waals surface area contributed by atoms with Gasteiger partial charge in [-0.25, -0.2) is 4.79 Å². The molecule has 0 saturated carbocycles. The maximum Gasteiger partial charge on any atom is 0.360 e. The van der Waals surface area contributed by atoms with E-state index >= 15 is 0 Å². The predicted octanol–water partition coefficient (Wildman–Crippen LogP) is 0.520. The molecule has 2 rings (SSSR count). The molecule has 2 heterocycles. The summed E-state index contributed by atoms with van der Waals surface area (Å²) in [5.41, 5.74) is 0. The molecule has 0 radical (unpaired) electrons. The number of esters is 8. The van der Waals surface area contributed by atoms with E-state index in [-0.39, 0.29) is 0 Å². The molecular formula is C28H35Cl3O19. The normalized spacial score (nSPS) is 29.3. The Labute approximate surface area is 299 Å². The molecule has 50 heavy (non-hydrogen) atoms. The van der Waals surface area contributed by atoms with E-state index < -0.39 is 126 Å². The third kappa shape index (κ3) is 13.0. The quantitative estimate of drug-likeness (QED) is 0.149. The summed E-state index contributed by atoms with van der Waals surface area (Å²) in [4.78, 5) is 97.4. The van der Waals surface area contributed by atoms with Crippen molar-refractivity contribution in [1.82, 2.24) is 0 Å². The molecule has 2 aliphatic rings. The first-order valence-electron chi connectivity index (χ1n) is 14.5. The maximum atomic E-state index is 12.5. The number of hydrogen-bond donors (Lipinski definition) is 0. The molecule has 0 amide bonds. The maximum absolute atomic E-state index is 12.5. The van der Waals surface area contributed by atoms with Gasteiger partial charge in [0.2, 0.25) is 12.4 Å². The summed E-state index contributed by atoms with van der Waals surface area (Å²) in [7, 11) is 0. The zero-order valence-electron chi connectivity index (χ0n) is 27.6. The van der Waals surface area contributed by atoms with Gasteiger partial charge in [0.1, 0.15) is 31.5 Å². The largest absolute Gasteiger partial charge is 0.463 e. The van der Waals surface area contributed by atoms with E-state index in [1.165, 1.54) is 0 Å². The molecule has 10 atom stereocenters. The number of halogens is 3. The Hall–Kier alpha value is -3.49. The Kier molecular flexibility index (Phi) is 15.9. The summed E-state index contributed by atoms with van der Waals surface area (Å²) in [5, 5.41) is 0. The van der Waals surface area contributed by atoms with E-state index in [1.807, 2.05) is 0 Å². The number of carbonyl (C=O) groups is 8. The summed E-state index contributed by atoms with van der Waals surface area (Å²) in [5.74, 6) is -8.02. The Morgan fingerprint density at radius 2 is 0.800 bits per heavy atom. The minimum Gasteiger partial charge on any atom is -0.463 e. The third-order valence-corrected chi connectivity index (χ3v) is 6.80. The second-order valence-corrected chi connectivity index (χ2v) is 12.8. The number of ether oxygens (including phenoxy) is 11. The van der Waals surface area contributed by atoms with Crippen LogP contribution in [0.2, 0.25) is 0 Å². The average Bonchev–Trinajstić information content (AvgIpc) is 2.95. The number of rotatable bonds is 12. The van der Waals surface area contributed by atoms with E-state index in [2.05, 4.69) is 0 Å². The van der Waals surface area contributed by atoms with Gasteiger partial charge in [-0.1, -0.05) is 34.8 Å². The lowest BCUT2D eigenvalue weighted by Gasteiger charge is -2.48. The van der Waals surface area contributed by atoms with Crippen LogP contribution in [0.25, 0.3) is 0 Å². The fraction of sp³-hybridized carbons (Fsp3) is 0.714. The Bertz CT molecular complexity index is 1300. The topological polar surface area (TPSA) is 238 Å². The lowest BCUT2D eigenvalue weighted by molar-refractivity contribution is -0.357. The van der Waals surface area contributed by atoms with Crippen LogP contribution in [0.15, 0.2) is 0 Å². The predicted molar refractivity (Wildman–Crippen MR) is 160 cm³/mol. The second-order valence-electron chi connectivity index (χ2n) is 10.6. The van der Waals surface area contributed by atoms with Crippen molar-refractivity contribution in [2.75, 3.05) is 13.2 Å². The van der Waals surface area contributed by atoms with Gasteiger partial charge in [0.25, 0.3) is 3.79 Å². The lowest BCUT2D eigenvalue weighted by Crippen LogP contribution is -2.67. The monoisotopic (exact) mass is 780 g/mol. The third-order valence-electron chi connectivity index (χ3n) is 6.34. The van der Waals surface area contributed by atoms with Crippen LogP contribution in [0.1, 0.15) is 48.5 Å². The summed E-state index contributed by atoms with van der Waals surface area (Å²) < 4.78 is 57.4. The summed E-state index contributed by atoms with van der Waals surface area (Å²) in [6.45, 7) is 5.62. The van der Waals surface area contributed by atoms with Gasteiger partial charge >= 0.3 is 47.8 Å². The first-order chi connectivity index (χ1) is 23.1. The Morgan fingerprint density at radius 3 is 1.20 bits per heavy atom. The molecule has 2 fully saturated rings. The van der Waals surface area contributed by atoms with Crippen molar-refractivity contribution < 1.29 is 90.5 Å². The molecule has 2 aliphatic heterocycles. The molecule has 0 spiro atoms. The van der Waals surface area contributed by atoms with E-state index in [1.54, 1.807) is 0 Å². The van der Waals surface area contributed by atoms with Crippen molar-refractivity contribution in [2.45, 2.75) is 114 Å². The second kappa shape index (κ2) is 18.7. The molecule has 22 heteroatoms. The van der Waals surface area contributed by atoms with Gasteiger partial charge in [-0.05, 0) is 0 Å². The van der Waals surface area contributed by atoms with Gasteiger partial charge in [-0.15, -0.1) is 0 Å². The van der Waals surface area contributed by atoms with Gasteiger partial charge < -0.3 is 52.1 Å². The van der Waals surface area contributed by atoms with Crippen molar-refractivity contribution in [2.24, 2.45) is 0 Å². The first kappa shape index (κ1) is 42.7. The first-order valence-corrected chi connectivity index (χ1v) is 15.6. The van der Waals surface area contributed by atoms with Gasteiger partial charge in [0.05, 0.1) is 0 Å². The van der Waals surface area contributed by atoms with E-state index in [9.17, 15) is 38.4 Å². The molecular weight excluding hydrogens is 747 g/mol. The number of hydrogen-bond acceptors (Lipinski definition) is 19. The molecule has 0 unspecified atom stereocenters. The van der Waals surface area contributed by atoms with Crippen LogP contribution in [-0.2, 0) is 90.5 Å². The summed E-state index contributed by atoms with van der Waals surface area (Å²) in [6, 6.07) is 0. The van der Waals surface area contributed by atoms with Crippen molar-refractivity contribution in [1.29, 1.82) is 0 Å². The fourth-order valence-electron chi connectivity index (χ4n) is 4.74. The van der Waals surface area contributed by atoms with Gasteiger partial charge in [-0.3, -0.25) is 33.6 Å². The zero-order chi connectivity index (χ0) is 38.1. The molecule has 19 nitrogen and oxygen atoms in total. The smallest absolute Gasteiger partial charge is 0.360 e. The highest BCUT2D eigenvalue weighted by Crippen LogP contribution is 2.37. The van der Waals surface area contributed by atoms with Crippen LogP contribution < -0.4 is 0 Å². The molecule has 0 aliphatic carbocycles. The van der Waals surface area contributed by atoms with E-state index in [0.717, 1.165) is 48.5 Å². The van der Waals surface area contributed by atoms with Gasteiger partial charge in [-0.2, -0.15) is 0 Å². The summed E-state index contributed by atoms with van der Waals surface area (Å²) >= 11 is 16.9. The molecule has 0 bridgehead atoms. The number of carbonyl (C=O) groups excluding carboxylic acids is 8. The average molecular weight is 782 g/mol. The highest BCUT2D eigenvalue weighted by Gasteiger charge is 2.58. The van der Waals surface area contributed by atoms with Crippen LogP contribution >= 0.6 is 34.8 Å². The molecule has 0 aromatic rings. The van der Waals surface area contributed by atoms with Crippen LogP contribution in [0.5, 0.6) is 0 Å². The molecule has 0 aromatic heterocycles. The number of alkyl halides is 3. The lowest BCUT2D eigenvalue weighted by atomic mass is 9.96. The van der Waals surface area contributed by atoms with Crippen molar-refractivity contribution in [3.05, 3.63) is 0 Å². The Morgan fingerprint density at radius 1 is 0.460 bits per heavy atom. The molecule has 282 valence electrons. The molecule has 2 saturated heterocycles. The zero-order valence-corrected chi connectivity index (χ0v) is 29.8.